The maximum absolute atomic E-state index is 12.8. The summed E-state index contributed by atoms with van der Waals surface area (Å²) in [5.74, 6) is -0.268. The maximum atomic E-state index is 12.8. The van der Waals surface area contributed by atoms with Gasteiger partial charge in [0.1, 0.15) is 10.8 Å². The van der Waals surface area contributed by atoms with Gasteiger partial charge in [-0.2, -0.15) is 0 Å². The highest BCUT2D eigenvalue weighted by Crippen LogP contribution is 2.08. The molecule has 0 spiro atoms. The molecule has 0 heterocycles. The van der Waals surface area contributed by atoms with Gasteiger partial charge in [-0.3, -0.25) is 0 Å². The first-order valence-electron chi connectivity index (χ1n) is 3.17. The summed E-state index contributed by atoms with van der Waals surface area (Å²) >= 11 is 4.68. The van der Waals surface area contributed by atoms with Gasteiger partial charge in [-0.1, -0.05) is 24.4 Å². The van der Waals surface area contributed by atoms with Gasteiger partial charge in [-0.15, -0.1) is 0 Å². The van der Waals surface area contributed by atoms with E-state index in [2.05, 4.69) is 12.2 Å². The van der Waals surface area contributed by atoms with E-state index in [9.17, 15) is 4.39 Å². The average Bonchev–Trinajstić information content (AvgIpc) is 1.94. The summed E-state index contributed by atoms with van der Waals surface area (Å²) in [7, 11) is 0. The van der Waals surface area contributed by atoms with E-state index in [-0.39, 0.29) is 10.8 Å². The van der Waals surface area contributed by atoms with Gasteiger partial charge < -0.3 is 5.73 Å². The second-order valence-electron chi connectivity index (χ2n) is 2.33. The zero-order valence-electron chi connectivity index (χ0n) is 6.10. The van der Waals surface area contributed by atoms with E-state index in [1.165, 1.54) is 6.07 Å². The molecular formula is C8H8FNS. The summed E-state index contributed by atoms with van der Waals surface area (Å²) in [6.07, 6.45) is 0. The minimum atomic E-state index is -0.268. The first-order chi connectivity index (χ1) is 5.11. The van der Waals surface area contributed by atoms with Crippen LogP contribution in [0, 0.1) is 12.7 Å². The fraction of sp³-hybridized carbons (Fsp3) is 0.125. The van der Waals surface area contributed by atoms with Gasteiger partial charge in [0.2, 0.25) is 0 Å². The fourth-order valence-electron chi connectivity index (χ4n) is 0.746. The zero-order valence-corrected chi connectivity index (χ0v) is 6.91. The Labute approximate surface area is 70.0 Å². The lowest BCUT2D eigenvalue weighted by molar-refractivity contribution is 0.618. The van der Waals surface area contributed by atoms with E-state index in [1.807, 2.05) is 0 Å². The van der Waals surface area contributed by atoms with E-state index in [4.69, 9.17) is 5.73 Å². The number of aryl methyl sites for hydroxylation is 1. The number of halogens is 1. The van der Waals surface area contributed by atoms with Crippen LogP contribution >= 0.6 is 12.2 Å². The van der Waals surface area contributed by atoms with E-state index >= 15 is 0 Å². The molecule has 0 aromatic heterocycles. The molecule has 0 unspecified atom stereocenters. The second kappa shape index (κ2) is 2.96. The molecule has 1 nitrogen and oxygen atoms in total. The number of hydrogen-bond acceptors (Lipinski definition) is 1. The van der Waals surface area contributed by atoms with E-state index in [0.717, 1.165) is 0 Å². The topological polar surface area (TPSA) is 26.0 Å². The van der Waals surface area contributed by atoms with Crippen molar-refractivity contribution >= 4 is 17.2 Å². The standard InChI is InChI=1S/C8H8FNS/c1-5-2-3-6(8(10)11)4-7(5)9/h2-4H,1H3,(H2,10,11). The lowest BCUT2D eigenvalue weighted by atomic mass is 10.1. The van der Waals surface area contributed by atoms with Gasteiger partial charge in [0.15, 0.2) is 0 Å². The van der Waals surface area contributed by atoms with E-state index in [0.29, 0.717) is 11.1 Å². The van der Waals surface area contributed by atoms with Crippen molar-refractivity contribution in [3.8, 4) is 0 Å². The molecule has 0 radical (unpaired) electrons. The van der Waals surface area contributed by atoms with Crippen molar-refractivity contribution in [2.45, 2.75) is 6.92 Å². The van der Waals surface area contributed by atoms with Crippen LogP contribution in [0.25, 0.3) is 0 Å². The number of nitrogens with two attached hydrogens (primary N) is 1. The van der Waals surface area contributed by atoms with Crippen LogP contribution in [0.5, 0.6) is 0 Å². The molecule has 0 aliphatic rings. The Morgan fingerprint density at radius 2 is 2.18 bits per heavy atom. The Bertz CT molecular complexity index is 296. The van der Waals surface area contributed by atoms with Crippen molar-refractivity contribution in [3.63, 3.8) is 0 Å². The van der Waals surface area contributed by atoms with Crippen LogP contribution in [0.1, 0.15) is 11.1 Å². The van der Waals surface area contributed by atoms with Crippen LogP contribution < -0.4 is 5.73 Å². The largest absolute Gasteiger partial charge is 0.389 e. The van der Waals surface area contributed by atoms with Crippen LogP contribution in [0.4, 0.5) is 4.39 Å². The minimum Gasteiger partial charge on any atom is -0.389 e. The molecular weight excluding hydrogens is 161 g/mol. The molecule has 0 bridgehead atoms. The number of hydrogen-bond donors (Lipinski definition) is 1. The van der Waals surface area contributed by atoms with Gasteiger partial charge in [0.25, 0.3) is 0 Å². The normalized spacial score (nSPS) is 9.64. The van der Waals surface area contributed by atoms with Gasteiger partial charge in [0.05, 0.1) is 0 Å². The number of rotatable bonds is 1. The molecule has 0 aliphatic heterocycles. The van der Waals surface area contributed by atoms with E-state index in [1.54, 1.807) is 19.1 Å². The summed E-state index contributed by atoms with van der Waals surface area (Å²) in [6.45, 7) is 1.69. The van der Waals surface area contributed by atoms with Gasteiger partial charge in [-0.25, -0.2) is 4.39 Å². The Balaban J connectivity index is 3.15. The van der Waals surface area contributed by atoms with Gasteiger partial charge >= 0.3 is 0 Å². The van der Waals surface area contributed by atoms with Crippen LogP contribution in [-0.2, 0) is 0 Å². The summed E-state index contributed by atoms with van der Waals surface area (Å²) in [4.78, 5) is 0.226. The predicted molar refractivity (Wildman–Crippen MR) is 47.0 cm³/mol. The second-order valence-corrected chi connectivity index (χ2v) is 2.77. The molecule has 1 aromatic carbocycles. The number of thiocarbonyl (C=S) groups is 1. The van der Waals surface area contributed by atoms with Crippen molar-refractivity contribution in [1.82, 2.24) is 0 Å². The quantitative estimate of drug-likeness (QED) is 0.648. The van der Waals surface area contributed by atoms with E-state index < -0.39 is 0 Å². The molecule has 0 amide bonds. The number of benzene rings is 1. The Kier molecular flexibility index (Phi) is 2.19. The molecule has 0 atom stereocenters. The summed E-state index contributed by atoms with van der Waals surface area (Å²) in [6, 6.07) is 4.71. The molecule has 1 rings (SSSR count). The van der Waals surface area contributed by atoms with Crippen LogP contribution in [0.3, 0.4) is 0 Å². The average molecular weight is 169 g/mol. The molecule has 0 saturated heterocycles. The molecule has 3 heteroatoms. The summed E-state index contributed by atoms with van der Waals surface area (Å²) in [5.41, 5.74) is 6.47. The first-order valence-corrected chi connectivity index (χ1v) is 3.58. The Morgan fingerprint density at radius 1 is 1.55 bits per heavy atom. The third-order valence-corrected chi connectivity index (χ3v) is 1.69. The third kappa shape index (κ3) is 1.74. The SMILES string of the molecule is Cc1ccc(C(N)=S)cc1F. The van der Waals surface area contributed by atoms with Crippen molar-refractivity contribution in [2.24, 2.45) is 5.73 Å². The van der Waals surface area contributed by atoms with Gasteiger partial charge in [-0.05, 0) is 18.6 Å². The smallest absolute Gasteiger partial charge is 0.126 e. The van der Waals surface area contributed by atoms with Crippen molar-refractivity contribution in [1.29, 1.82) is 0 Å². The molecule has 0 fully saturated rings. The third-order valence-electron chi connectivity index (χ3n) is 1.46. The van der Waals surface area contributed by atoms with Crippen molar-refractivity contribution in [3.05, 3.63) is 35.1 Å². The van der Waals surface area contributed by atoms with Gasteiger partial charge in [0, 0.05) is 5.56 Å². The van der Waals surface area contributed by atoms with Crippen LogP contribution in [0.15, 0.2) is 18.2 Å². The molecule has 2 N–H and O–H groups in total. The predicted octanol–water partition coefficient (Wildman–Crippen LogP) is 1.77. The zero-order chi connectivity index (χ0) is 8.43. The van der Waals surface area contributed by atoms with Crippen LogP contribution in [0.2, 0.25) is 0 Å². The molecule has 11 heavy (non-hydrogen) atoms. The Morgan fingerprint density at radius 3 is 2.64 bits per heavy atom. The van der Waals surface area contributed by atoms with Crippen LogP contribution in [-0.4, -0.2) is 4.99 Å². The van der Waals surface area contributed by atoms with Crippen molar-refractivity contribution in [2.75, 3.05) is 0 Å². The summed E-state index contributed by atoms with van der Waals surface area (Å²) < 4.78 is 12.8. The Hall–Kier alpha value is -0.960. The molecule has 58 valence electrons. The molecule has 1 aromatic rings. The minimum absolute atomic E-state index is 0.226. The lowest BCUT2D eigenvalue weighted by Crippen LogP contribution is -2.09. The monoisotopic (exact) mass is 169 g/mol. The first kappa shape index (κ1) is 8.14. The highest BCUT2D eigenvalue weighted by molar-refractivity contribution is 7.80. The molecule has 0 aliphatic carbocycles. The lowest BCUT2D eigenvalue weighted by Gasteiger charge is -1.99. The highest BCUT2D eigenvalue weighted by atomic mass is 32.1. The fourth-order valence-corrected chi connectivity index (χ4v) is 0.873. The summed E-state index contributed by atoms with van der Waals surface area (Å²) in [5, 5.41) is 0. The highest BCUT2D eigenvalue weighted by Gasteiger charge is 1.99. The maximum Gasteiger partial charge on any atom is 0.126 e. The molecule has 0 saturated carbocycles. The van der Waals surface area contributed by atoms with Crippen molar-refractivity contribution < 1.29 is 4.39 Å².